The summed E-state index contributed by atoms with van der Waals surface area (Å²) in [5.74, 6) is 1.86. The highest BCUT2D eigenvalue weighted by atomic mass is 31.1. The van der Waals surface area contributed by atoms with Gasteiger partial charge in [-0.15, -0.1) is 0 Å². The highest BCUT2D eigenvalue weighted by molar-refractivity contribution is 7.27. The number of hydrogen-bond donors (Lipinski definition) is 0. The van der Waals surface area contributed by atoms with Crippen LogP contribution in [0.1, 0.15) is 36.8 Å². The summed E-state index contributed by atoms with van der Waals surface area (Å²) < 4.78 is 10.9. The van der Waals surface area contributed by atoms with Crippen molar-refractivity contribution >= 4 is 8.46 Å². The fourth-order valence-electron chi connectivity index (χ4n) is 2.66. The predicted octanol–water partition coefficient (Wildman–Crippen LogP) is 6.21. The van der Waals surface area contributed by atoms with Crippen molar-refractivity contribution in [2.45, 2.75) is 38.5 Å². The smallest absolute Gasteiger partial charge is 0.184 e. The minimum atomic E-state index is 0.136. The normalized spacial score (nSPS) is 10.5. The van der Waals surface area contributed by atoms with Gasteiger partial charge in [-0.3, -0.25) is 4.57 Å². The highest BCUT2D eigenvalue weighted by Crippen LogP contribution is 2.19. The summed E-state index contributed by atoms with van der Waals surface area (Å²) in [5.41, 5.74) is 4.08. The number of aryl methyl sites for hydroxylation is 2. The van der Waals surface area contributed by atoms with Crippen LogP contribution >= 0.6 is 8.46 Å². The summed E-state index contributed by atoms with van der Waals surface area (Å²) in [6.45, 7) is 0. The van der Waals surface area contributed by atoms with Crippen LogP contribution in [0.4, 0.5) is 0 Å². The Morgan fingerprint density at radius 2 is 1.23 bits per heavy atom. The van der Waals surface area contributed by atoms with Crippen molar-refractivity contribution in [2.24, 2.45) is 0 Å². The summed E-state index contributed by atoms with van der Waals surface area (Å²) in [6, 6.07) is 21.1. The standard InChI is InChI=1S/C20H23OP/c21-22-17-20(15-7-13-18-9-3-1-4-10-18)16-8-14-19-11-5-2-6-12-19/h1-6,9-12,17H,7-8,13-16H2. The summed E-state index contributed by atoms with van der Waals surface area (Å²) in [6.07, 6.45) is 6.50. The van der Waals surface area contributed by atoms with Crippen LogP contribution in [0.5, 0.6) is 0 Å². The van der Waals surface area contributed by atoms with Gasteiger partial charge in [0.2, 0.25) is 0 Å². The van der Waals surface area contributed by atoms with Gasteiger partial charge in [-0.2, -0.15) is 0 Å². The maximum absolute atomic E-state index is 10.9. The van der Waals surface area contributed by atoms with Gasteiger partial charge in [0.1, 0.15) is 0 Å². The molecule has 0 N–H and O–H groups in total. The van der Waals surface area contributed by atoms with E-state index < -0.39 is 0 Å². The molecule has 2 rings (SSSR count). The Kier molecular flexibility index (Phi) is 7.63. The van der Waals surface area contributed by atoms with E-state index in [0.29, 0.717) is 0 Å². The molecular weight excluding hydrogens is 287 g/mol. The molecule has 2 aromatic carbocycles. The van der Waals surface area contributed by atoms with Gasteiger partial charge in [0.05, 0.1) is 0 Å². The minimum Gasteiger partial charge on any atom is -0.270 e. The zero-order chi connectivity index (χ0) is 15.5. The van der Waals surface area contributed by atoms with Crippen molar-refractivity contribution < 1.29 is 4.57 Å². The maximum atomic E-state index is 10.9. The van der Waals surface area contributed by atoms with E-state index in [1.807, 2.05) is 5.82 Å². The molecule has 2 aromatic rings. The number of hydrogen-bond acceptors (Lipinski definition) is 1. The van der Waals surface area contributed by atoms with Crippen molar-refractivity contribution in [3.05, 3.63) is 83.2 Å². The van der Waals surface area contributed by atoms with E-state index in [9.17, 15) is 4.57 Å². The number of allylic oxidation sites excluding steroid dienone is 1. The zero-order valence-corrected chi connectivity index (χ0v) is 13.8. The third-order valence-corrected chi connectivity index (χ3v) is 4.32. The van der Waals surface area contributed by atoms with E-state index in [1.165, 1.54) is 16.7 Å². The van der Waals surface area contributed by atoms with Crippen LogP contribution in [0, 0.1) is 0 Å². The Morgan fingerprint density at radius 3 is 1.64 bits per heavy atom. The van der Waals surface area contributed by atoms with Crippen molar-refractivity contribution in [1.29, 1.82) is 0 Å². The summed E-state index contributed by atoms with van der Waals surface area (Å²) in [5, 5.41) is 0. The van der Waals surface area contributed by atoms with Gasteiger partial charge in [-0.25, -0.2) is 0 Å². The minimum absolute atomic E-state index is 0.136. The maximum Gasteiger partial charge on any atom is 0.184 e. The van der Waals surface area contributed by atoms with Gasteiger partial charge in [-0.05, 0) is 49.7 Å². The molecule has 0 aromatic heterocycles. The molecule has 1 nitrogen and oxygen atoms in total. The first-order chi connectivity index (χ1) is 10.9. The largest absolute Gasteiger partial charge is 0.270 e. The molecule has 0 spiro atoms. The molecule has 0 aliphatic carbocycles. The zero-order valence-electron chi connectivity index (χ0n) is 12.9. The molecule has 0 radical (unpaired) electrons. The molecule has 0 aliphatic heterocycles. The van der Waals surface area contributed by atoms with E-state index in [4.69, 9.17) is 0 Å². The molecular formula is C20H23OP. The summed E-state index contributed by atoms with van der Waals surface area (Å²) >= 11 is 0. The van der Waals surface area contributed by atoms with Crippen LogP contribution in [0.3, 0.4) is 0 Å². The van der Waals surface area contributed by atoms with Crippen LogP contribution in [0.15, 0.2) is 72.1 Å². The Balaban J connectivity index is 1.73. The van der Waals surface area contributed by atoms with Crippen LogP contribution in [0.25, 0.3) is 0 Å². The topological polar surface area (TPSA) is 17.1 Å². The average Bonchev–Trinajstić information content (AvgIpc) is 2.57. The SMILES string of the molecule is O=PC=C(CCCc1ccccc1)CCCc1ccccc1. The van der Waals surface area contributed by atoms with Crippen molar-refractivity contribution in [1.82, 2.24) is 0 Å². The van der Waals surface area contributed by atoms with E-state index in [2.05, 4.69) is 60.7 Å². The molecule has 114 valence electrons. The van der Waals surface area contributed by atoms with E-state index in [0.717, 1.165) is 38.5 Å². The summed E-state index contributed by atoms with van der Waals surface area (Å²) in [4.78, 5) is 0. The van der Waals surface area contributed by atoms with Gasteiger partial charge in [0, 0.05) is 5.82 Å². The second-order valence-corrected chi connectivity index (χ2v) is 6.04. The van der Waals surface area contributed by atoms with Gasteiger partial charge in [0.25, 0.3) is 0 Å². The van der Waals surface area contributed by atoms with Crippen molar-refractivity contribution in [2.75, 3.05) is 0 Å². The Labute approximate surface area is 135 Å². The molecule has 0 amide bonds. The molecule has 2 heteroatoms. The van der Waals surface area contributed by atoms with Crippen molar-refractivity contribution in [3.8, 4) is 0 Å². The Hall–Kier alpha value is -1.72. The first-order valence-corrected chi connectivity index (χ1v) is 8.85. The second kappa shape index (κ2) is 10.1. The van der Waals surface area contributed by atoms with Crippen LogP contribution in [-0.4, -0.2) is 0 Å². The monoisotopic (exact) mass is 310 g/mol. The Morgan fingerprint density at radius 1 is 0.773 bits per heavy atom. The lowest BCUT2D eigenvalue weighted by atomic mass is 10.00. The van der Waals surface area contributed by atoms with E-state index in [-0.39, 0.29) is 8.46 Å². The lowest BCUT2D eigenvalue weighted by Crippen LogP contribution is -1.91. The summed E-state index contributed by atoms with van der Waals surface area (Å²) in [7, 11) is 0.136. The lowest BCUT2D eigenvalue weighted by molar-refractivity contribution is 0.602. The molecule has 0 fully saturated rings. The fraction of sp³-hybridized carbons (Fsp3) is 0.300. The van der Waals surface area contributed by atoms with Crippen LogP contribution < -0.4 is 0 Å². The van der Waals surface area contributed by atoms with E-state index in [1.54, 1.807) is 0 Å². The third-order valence-electron chi connectivity index (χ3n) is 3.85. The number of benzene rings is 2. The number of rotatable bonds is 9. The van der Waals surface area contributed by atoms with Crippen LogP contribution in [0.2, 0.25) is 0 Å². The quantitative estimate of drug-likeness (QED) is 0.503. The third kappa shape index (κ3) is 6.37. The molecule has 0 bridgehead atoms. The first kappa shape index (κ1) is 16.6. The molecule has 0 aliphatic rings. The van der Waals surface area contributed by atoms with Gasteiger partial charge >= 0.3 is 0 Å². The predicted molar refractivity (Wildman–Crippen MR) is 94.4 cm³/mol. The molecule has 0 saturated carbocycles. The highest BCUT2D eigenvalue weighted by Gasteiger charge is 2.01. The first-order valence-electron chi connectivity index (χ1n) is 7.97. The molecule has 0 saturated heterocycles. The molecule has 0 heterocycles. The molecule has 22 heavy (non-hydrogen) atoms. The van der Waals surface area contributed by atoms with E-state index >= 15 is 0 Å². The second-order valence-electron chi connectivity index (χ2n) is 5.57. The molecule has 0 atom stereocenters. The van der Waals surface area contributed by atoms with Gasteiger partial charge in [-0.1, -0.05) is 66.2 Å². The average molecular weight is 310 g/mol. The van der Waals surface area contributed by atoms with Crippen molar-refractivity contribution in [3.63, 3.8) is 0 Å². The van der Waals surface area contributed by atoms with Gasteiger partial charge < -0.3 is 0 Å². The van der Waals surface area contributed by atoms with Crippen LogP contribution in [-0.2, 0) is 17.4 Å². The van der Waals surface area contributed by atoms with Gasteiger partial charge in [0.15, 0.2) is 8.46 Å². The molecule has 0 unspecified atom stereocenters. The lowest BCUT2D eigenvalue weighted by Gasteiger charge is -2.07. The fourth-order valence-corrected chi connectivity index (χ4v) is 3.06. The Bertz CT molecular complexity index is 528.